The molecule has 2 aliphatic rings. The number of carboxylic acids is 1. The van der Waals surface area contributed by atoms with Crippen LogP contribution in [0, 0.1) is 0 Å². The monoisotopic (exact) mass is 432 g/mol. The number of halogens is 3. The number of nitrogens with one attached hydrogen (secondary N) is 1. The predicted molar refractivity (Wildman–Crippen MR) is 104 cm³/mol. The Morgan fingerprint density at radius 3 is 2.48 bits per heavy atom. The van der Waals surface area contributed by atoms with Crippen molar-refractivity contribution >= 4 is 17.8 Å². The van der Waals surface area contributed by atoms with Gasteiger partial charge in [-0.25, -0.2) is 9.18 Å². The summed E-state index contributed by atoms with van der Waals surface area (Å²) in [5.41, 5.74) is -1.53. The summed E-state index contributed by atoms with van der Waals surface area (Å²) in [5.74, 6) is -5.91. The molecule has 0 bridgehead atoms. The van der Waals surface area contributed by atoms with Gasteiger partial charge in [0, 0.05) is 23.1 Å². The number of hydrogen-bond acceptors (Lipinski definition) is 3. The van der Waals surface area contributed by atoms with Crippen molar-refractivity contribution in [3.8, 4) is 11.1 Å². The van der Waals surface area contributed by atoms with Crippen molar-refractivity contribution in [2.45, 2.75) is 31.0 Å². The zero-order valence-electron chi connectivity index (χ0n) is 16.5. The topological polar surface area (TPSA) is 86.7 Å². The average molecular weight is 432 g/mol. The van der Waals surface area contributed by atoms with Crippen LogP contribution in [-0.4, -0.2) is 52.6 Å². The SMILES string of the molecule is C[C@@]1(F)C[C@@H](C(=O)O)N(C(=O)CNC(=O)c2ccc3c(c2)-c2ccccc2C3(F)F)C1. The highest BCUT2D eigenvalue weighted by Gasteiger charge is 2.47. The zero-order chi connectivity index (χ0) is 22.6. The number of carbonyl (C=O) groups is 3. The van der Waals surface area contributed by atoms with Crippen LogP contribution in [-0.2, 0) is 15.5 Å². The molecule has 162 valence electrons. The van der Waals surface area contributed by atoms with Gasteiger partial charge in [-0.15, -0.1) is 0 Å². The summed E-state index contributed by atoms with van der Waals surface area (Å²) >= 11 is 0. The van der Waals surface area contributed by atoms with E-state index in [1.807, 2.05) is 0 Å². The van der Waals surface area contributed by atoms with E-state index < -0.39 is 42.0 Å². The highest BCUT2D eigenvalue weighted by molar-refractivity contribution is 5.99. The number of fused-ring (bicyclic) bond motifs is 3. The fraction of sp³-hybridized carbons (Fsp3) is 0.318. The van der Waals surface area contributed by atoms with Crippen LogP contribution in [0.15, 0.2) is 42.5 Å². The molecule has 2 N–H and O–H groups in total. The van der Waals surface area contributed by atoms with Gasteiger partial charge in [0.25, 0.3) is 11.8 Å². The lowest BCUT2D eigenvalue weighted by Crippen LogP contribution is -2.45. The van der Waals surface area contributed by atoms with E-state index in [1.54, 1.807) is 12.1 Å². The fourth-order valence-corrected chi connectivity index (χ4v) is 4.20. The van der Waals surface area contributed by atoms with Crippen molar-refractivity contribution in [2.75, 3.05) is 13.1 Å². The summed E-state index contributed by atoms with van der Waals surface area (Å²) in [5, 5.41) is 11.6. The number of benzene rings is 2. The van der Waals surface area contributed by atoms with Gasteiger partial charge in [0.1, 0.15) is 11.7 Å². The molecule has 1 fully saturated rings. The molecule has 1 aliphatic heterocycles. The minimum Gasteiger partial charge on any atom is -0.480 e. The summed E-state index contributed by atoms with van der Waals surface area (Å²) in [6.07, 6.45) is -0.333. The Balaban J connectivity index is 1.50. The summed E-state index contributed by atoms with van der Waals surface area (Å²) in [6.45, 7) is 0.291. The molecule has 2 atom stereocenters. The first-order chi connectivity index (χ1) is 14.5. The number of nitrogens with zero attached hydrogens (tertiary/aromatic N) is 1. The van der Waals surface area contributed by atoms with E-state index in [-0.39, 0.29) is 35.2 Å². The number of amides is 2. The van der Waals surface area contributed by atoms with Crippen molar-refractivity contribution in [1.29, 1.82) is 0 Å². The van der Waals surface area contributed by atoms with Crippen LogP contribution in [0.3, 0.4) is 0 Å². The summed E-state index contributed by atoms with van der Waals surface area (Å²) in [6, 6.07) is 8.48. The minimum atomic E-state index is -3.17. The van der Waals surface area contributed by atoms with Gasteiger partial charge in [-0.3, -0.25) is 9.59 Å². The van der Waals surface area contributed by atoms with Gasteiger partial charge in [-0.05, 0) is 30.2 Å². The Labute approximate surface area is 175 Å². The smallest absolute Gasteiger partial charge is 0.326 e. The zero-order valence-corrected chi connectivity index (χ0v) is 16.5. The third-order valence-corrected chi connectivity index (χ3v) is 5.68. The molecule has 1 aliphatic carbocycles. The van der Waals surface area contributed by atoms with Gasteiger partial charge in [-0.2, -0.15) is 8.78 Å². The third-order valence-electron chi connectivity index (χ3n) is 5.68. The molecule has 31 heavy (non-hydrogen) atoms. The number of carboxylic acid groups (broad SMARTS) is 1. The molecule has 0 saturated carbocycles. The van der Waals surface area contributed by atoms with Crippen LogP contribution < -0.4 is 5.32 Å². The maximum Gasteiger partial charge on any atom is 0.326 e. The standard InChI is InChI=1S/C22H19F3N2O4/c1-21(23)9-17(20(30)31)27(11-21)18(28)10-26-19(29)12-6-7-16-14(8-12)13-4-2-3-5-15(13)22(16,24)25/h2-8,17H,9-11H2,1H3,(H,26,29)(H,30,31)/t17-,21+/m0/s1. The van der Waals surface area contributed by atoms with E-state index in [9.17, 15) is 32.7 Å². The van der Waals surface area contributed by atoms with Gasteiger partial charge in [0.05, 0.1) is 13.1 Å². The van der Waals surface area contributed by atoms with Crippen molar-refractivity contribution in [1.82, 2.24) is 10.2 Å². The first kappa shape index (κ1) is 20.9. The Hall–Kier alpha value is -3.36. The number of hydrogen-bond donors (Lipinski definition) is 2. The summed E-state index contributed by atoms with van der Waals surface area (Å²) < 4.78 is 43.5. The van der Waals surface area contributed by atoms with E-state index in [4.69, 9.17) is 0 Å². The van der Waals surface area contributed by atoms with Crippen molar-refractivity contribution < 1.29 is 32.7 Å². The molecule has 0 radical (unpaired) electrons. The predicted octanol–water partition coefficient (Wildman–Crippen LogP) is 2.95. The number of carbonyl (C=O) groups excluding carboxylic acids is 2. The summed E-state index contributed by atoms with van der Waals surface area (Å²) in [7, 11) is 0. The van der Waals surface area contributed by atoms with Crippen LogP contribution in [0.1, 0.15) is 34.8 Å². The average Bonchev–Trinajstić information content (AvgIpc) is 3.17. The van der Waals surface area contributed by atoms with Gasteiger partial charge < -0.3 is 15.3 Å². The second kappa shape index (κ2) is 7.11. The summed E-state index contributed by atoms with van der Waals surface area (Å²) in [4.78, 5) is 37.1. The quantitative estimate of drug-likeness (QED) is 0.778. The Kier molecular flexibility index (Phi) is 4.79. The second-order valence-electron chi connectivity index (χ2n) is 8.06. The molecule has 2 aromatic carbocycles. The molecule has 1 heterocycles. The van der Waals surface area contributed by atoms with Crippen LogP contribution in [0.5, 0.6) is 0 Å². The number of aliphatic carboxylic acids is 1. The molecule has 6 nitrogen and oxygen atoms in total. The normalized spacial score (nSPS) is 23.2. The molecule has 1 saturated heterocycles. The van der Waals surface area contributed by atoms with E-state index in [2.05, 4.69) is 5.32 Å². The molecule has 4 rings (SSSR count). The van der Waals surface area contributed by atoms with Crippen LogP contribution in [0.2, 0.25) is 0 Å². The number of likely N-dealkylation sites (tertiary alicyclic amines) is 1. The van der Waals surface area contributed by atoms with E-state index >= 15 is 0 Å². The van der Waals surface area contributed by atoms with Gasteiger partial charge in [0.15, 0.2) is 0 Å². The van der Waals surface area contributed by atoms with Crippen molar-refractivity contribution in [2.24, 2.45) is 0 Å². The first-order valence-electron chi connectivity index (χ1n) is 9.63. The molecule has 2 amide bonds. The van der Waals surface area contributed by atoms with Gasteiger partial charge in [-0.1, -0.05) is 30.3 Å². The lowest BCUT2D eigenvalue weighted by atomic mass is 10.0. The maximum atomic E-state index is 14.6. The molecule has 0 spiro atoms. The largest absolute Gasteiger partial charge is 0.480 e. The Morgan fingerprint density at radius 1 is 1.10 bits per heavy atom. The first-order valence-corrected chi connectivity index (χ1v) is 9.63. The van der Waals surface area contributed by atoms with Gasteiger partial charge in [0.2, 0.25) is 5.91 Å². The molecule has 0 unspecified atom stereocenters. The number of rotatable bonds is 4. The Morgan fingerprint density at radius 2 is 1.77 bits per heavy atom. The molecule has 0 aromatic heterocycles. The van der Waals surface area contributed by atoms with Crippen molar-refractivity contribution in [3.63, 3.8) is 0 Å². The van der Waals surface area contributed by atoms with Gasteiger partial charge >= 0.3 is 5.97 Å². The highest BCUT2D eigenvalue weighted by Crippen LogP contribution is 2.50. The minimum absolute atomic E-state index is 0.0746. The van der Waals surface area contributed by atoms with E-state index in [0.717, 1.165) is 4.90 Å². The van der Waals surface area contributed by atoms with Crippen LogP contribution in [0.4, 0.5) is 13.2 Å². The van der Waals surface area contributed by atoms with Crippen LogP contribution >= 0.6 is 0 Å². The van der Waals surface area contributed by atoms with Crippen LogP contribution in [0.25, 0.3) is 11.1 Å². The lowest BCUT2D eigenvalue weighted by molar-refractivity contribution is -0.147. The number of alkyl halides is 3. The third kappa shape index (κ3) is 3.54. The highest BCUT2D eigenvalue weighted by atomic mass is 19.3. The molecule has 2 aromatic rings. The molecular weight excluding hydrogens is 413 g/mol. The molecule has 9 heteroatoms. The second-order valence-corrected chi connectivity index (χ2v) is 8.06. The fourth-order valence-electron chi connectivity index (χ4n) is 4.20. The Bertz CT molecular complexity index is 1100. The molecular formula is C22H19F3N2O4. The maximum absolute atomic E-state index is 14.6. The van der Waals surface area contributed by atoms with E-state index in [1.165, 1.54) is 37.3 Å². The van der Waals surface area contributed by atoms with Crippen molar-refractivity contribution in [3.05, 3.63) is 59.2 Å². The lowest BCUT2D eigenvalue weighted by Gasteiger charge is -2.21. The van der Waals surface area contributed by atoms with E-state index in [0.29, 0.717) is 5.56 Å².